The number of rotatable bonds is 4. The largest absolute Gasteiger partial charge is 0.478 e. The van der Waals surface area contributed by atoms with E-state index < -0.39 is 11.8 Å². The van der Waals surface area contributed by atoms with Crippen LogP contribution in [0.25, 0.3) is 6.08 Å². The van der Waals surface area contributed by atoms with Gasteiger partial charge in [-0.1, -0.05) is 18.2 Å². The average Bonchev–Trinajstić information content (AvgIpc) is 2.20. The predicted molar refractivity (Wildman–Crippen MR) is 56.3 cm³/mol. The lowest BCUT2D eigenvalue weighted by molar-refractivity contribution is 0.0692. The molecule has 15 heavy (non-hydrogen) atoms. The van der Waals surface area contributed by atoms with E-state index >= 15 is 0 Å². The summed E-state index contributed by atoms with van der Waals surface area (Å²) < 4.78 is 13.0. The van der Waals surface area contributed by atoms with Crippen LogP contribution < -0.4 is 5.32 Å². The van der Waals surface area contributed by atoms with Crippen LogP contribution in [0.15, 0.2) is 24.3 Å². The lowest BCUT2D eigenvalue weighted by atomic mass is 10.1. The Balaban J connectivity index is 2.92. The van der Waals surface area contributed by atoms with Crippen molar-refractivity contribution in [2.75, 3.05) is 13.6 Å². The zero-order chi connectivity index (χ0) is 11.3. The molecule has 0 aliphatic heterocycles. The van der Waals surface area contributed by atoms with Gasteiger partial charge in [0.1, 0.15) is 5.82 Å². The summed E-state index contributed by atoms with van der Waals surface area (Å²) in [6, 6.07) is 4.00. The Morgan fingerprint density at radius 1 is 1.60 bits per heavy atom. The van der Waals surface area contributed by atoms with Gasteiger partial charge in [0.2, 0.25) is 0 Å². The first-order valence-corrected chi connectivity index (χ1v) is 4.49. The molecule has 0 spiro atoms. The highest BCUT2D eigenvalue weighted by Gasteiger charge is 2.09. The molecule has 0 aromatic heterocycles. The SMILES string of the molecule is CNCC=Cc1ccc(F)c(C(=O)O)c1. The summed E-state index contributed by atoms with van der Waals surface area (Å²) in [5.41, 5.74) is 0.366. The van der Waals surface area contributed by atoms with Gasteiger partial charge in [0.15, 0.2) is 0 Å². The van der Waals surface area contributed by atoms with Crippen molar-refractivity contribution in [3.05, 3.63) is 41.2 Å². The normalized spacial score (nSPS) is 10.8. The summed E-state index contributed by atoms with van der Waals surface area (Å²) in [7, 11) is 1.80. The highest BCUT2D eigenvalue weighted by molar-refractivity contribution is 5.88. The van der Waals surface area contributed by atoms with E-state index in [1.807, 2.05) is 6.08 Å². The van der Waals surface area contributed by atoms with Crippen LogP contribution in [0.3, 0.4) is 0 Å². The number of carboxylic acid groups (broad SMARTS) is 1. The number of likely N-dealkylation sites (N-methyl/N-ethyl adjacent to an activating group) is 1. The topological polar surface area (TPSA) is 49.3 Å². The molecule has 0 radical (unpaired) electrons. The molecule has 0 fully saturated rings. The van der Waals surface area contributed by atoms with Gasteiger partial charge in [0.05, 0.1) is 5.56 Å². The second-order valence-electron chi connectivity index (χ2n) is 3.00. The van der Waals surface area contributed by atoms with Crippen LogP contribution in [-0.4, -0.2) is 24.7 Å². The minimum atomic E-state index is -1.25. The quantitative estimate of drug-likeness (QED) is 0.794. The van der Waals surface area contributed by atoms with Crippen LogP contribution >= 0.6 is 0 Å². The Labute approximate surface area is 87.2 Å². The van der Waals surface area contributed by atoms with Gasteiger partial charge in [-0.3, -0.25) is 0 Å². The van der Waals surface area contributed by atoms with Gasteiger partial charge < -0.3 is 10.4 Å². The van der Waals surface area contributed by atoms with Gasteiger partial charge in [0, 0.05) is 6.54 Å². The number of hydrogen-bond donors (Lipinski definition) is 2. The second kappa shape index (κ2) is 5.26. The minimum Gasteiger partial charge on any atom is -0.478 e. The number of carbonyl (C=O) groups is 1. The van der Waals surface area contributed by atoms with Crippen LogP contribution in [-0.2, 0) is 0 Å². The zero-order valence-corrected chi connectivity index (χ0v) is 8.33. The maximum absolute atomic E-state index is 13.0. The van der Waals surface area contributed by atoms with Crippen molar-refractivity contribution < 1.29 is 14.3 Å². The molecule has 0 unspecified atom stereocenters. The minimum absolute atomic E-state index is 0.304. The molecule has 3 nitrogen and oxygen atoms in total. The Morgan fingerprint density at radius 3 is 2.93 bits per heavy atom. The lowest BCUT2D eigenvalue weighted by Crippen LogP contribution is -2.04. The van der Waals surface area contributed by atoms with E-state index in [9.17, 15) is 9.18 Å². The molecular weight excluding hydrogens is 197 g/mol. The van der Waals surface area contributed by atoms with Gasteiger partial charge in [-0.25, -0.2) is 9.18 Å². The van der Waals surface area contributed by atoms with Crippen molar-refractivity contribution >= 4 is 12.0 Å². The lowest BCUT2D eigenvalue weighted by Gasteiger charge is -1.99. The molecule has 1 aromatic rings. The van der Waals surface area contributed by atoms with E-state index in [1.54, 1.807) is 13.1 Å². The fourth-order valence-corrected chi connectivity index (χ4v) is 1.12. The molecule has 80 valence electrons. The standard InChI is InChI=1S/C11H12FNO2/c1-13-6-2-3-8-4-5-10(12)9(7-8)11(14)15/h2-5,7,13H,6H2,1H3,(H,14,15). The number of carboxylic acids is 1. The molecule has 2 N–H and O–H groups in total. The number of aromatic carboxylic acids is 1. The maximum atomic E-state index is 13.0. The van der Waals surface area contributed by atoms with E-state index in [2.05, 4.69) is 5.32 Å². The third-order valence-corrected chi connectivity index (χ3v) is 1.85. The fourth-order valence-electron chi connectivity index (χ4n) is 1.12. The summed E-state index contributed by atoms with van der Waals surface area (Å²) in [5.74, 6) is -1.97. The van der Waals surface area contributed by atoms with E-state index in [1.165, 1.54) is 12.1 Å². The number of benzene rings is 1. The summed E-state index contributed by atoms with van der Waals surface area (Å²) >= 11 is 0. The summed E-state index contributed by atoms with van der Waals surface area (Å²) in [6.07, 6.45) is 3.57. The molecule has 0 bridgehead atoms. The first-order valence-electron chi connectivity index (χ1n) is 4.49. The van der Waals surface area contributed by atoms with E-state index in [0.717, 1.165) is 6.07 Å². The van der Waals surface area contributed by atoms with Gasteiger partial charge in [-0.2, -0.15) is 0 Å². The first kappa shape index (κ1) is 11.4. The Kier molecular flexibility index (Phi) is 4.00. The maximum Gasteiger partial charge on any atom is 0.338 e. The molecule has 1 rings (SSSR count). The molecule has 0 saturated carbocycles. The highest BCUT2D eigenvalue weighted by atomic mass is 19.1. The van der Waals surface area contributed by atoms with Crippen LogP contribution in [0.1, 0.15) is 15.9 Å². The molecule has 0 atom stereocenters. The average molecular weight is 209 g/mol. The van der Waals surface area contributed by atoms with Gasteiger partial charge in [-0.15, -0.1) is 0 Å². The smallest absolute Gasteiger partial charge is 0.338 e. The molecule has 0 aliphatic rings. The van der Waals surface area contributed by atoms with Crippen molar-refractivity contribution in [2.45, 2.75) is 0 Å². The van der Waals surface area contributed by atoms with Crippen molar-refractivity contribution in [1.82, 2.24) is 5.32 Å². The van der Waals surface area contributed by atoms with Gasteiger partial charge in [0.25, 0.3) is 0 Å². The summed E-state index contributed by atoms with van der Waals surface area (Å²) in [4.78, 5) is 10.6. The van der Waals surface area contributed by atoms with Crippen molar-refractivity contribution in [3.8, 4) is 0 Å². The molecule has 0 heterocycles. The number of nitrogens with one attached hydrogen (secondary N) is 1. The third-order valence-electron chi connectivity index (χ3n) is 1.85. The predicted octanol–water partition coefficient (Wildman–Crippen LogP) is 1.76. The first-order chi connectivity index (χ1) is 7.15. The molecule has 0 amide bonds. The Hall–Kier alpha value is -1.68. The Bertz CT molecular complexity index is 388. The van der Waals surface area contributed by atoms with Crippen LogP contribution in [0.2, 0.25) is 0 Å². The van der Waals surface area contributed by atoms with Gasteiger partial charge in [-0.05, 0) is 24.7 Å². The third kappa shape index (κ3) is 3.18. The molecule has 0 aliphatic carbocycles. The van der Waals surface area contributed by atoms with Crippen LogP contribution in [0.5, 0.6) is 0 Å². The van der Waals surface area contributed by atoms with Crippen molar-refractivity contribution in [3.63, 3.8) is 0 Å². The summed E-state index contributed by atoms with van der Waals surface area (Å²) in [6.45, 7) is 0.680. The summed E-state index contributed by atoms with van der Waals surface area (Å²) in [5, 5.41) is 11.6. The van der Waals surface area contributed by atoms with Crippen LogP contribution in [0, 0.1) is 5.82 Å². The fraction of sp³-hybridized carbons (Fsp3) is 0.182. The number of hydrogen-bond acceptors (Lipinski definition) is 2. The zero-order valence-electron chi connectivity index (χ0n) is 8.33. The van der Waals surface area contributed by atoms with E-state index in [4.69, 9.17) is 5.11 Å². The Morgan fingerprint density at radius 2 is 2.33 bits per heavy atom. The van der Waals surface area contributed by atoms with Gasteiger partial charge >= 0.3 is 5.97 Å². The molecule has 4 heteroatoms. The second-order valence-corrected chi connectivity index (χ2v) is 3.00. The molecule has 1 aromatic carbocycles. The van der Waals surface area contributed by atoms with Crippen molar-refractivity contribution in [2.24, 2.45) is 0 Å². The molecule has 0 saturated heterocycles. The van der Waals surface area contributed by atoms with Crippen molar-refractivity contribution in [1.29, 1.82) is 0 Å². The van der Waals surface area contributed by atoms with Crippen LogP contribution in [0.4, 0.5) is 4.39 Å². The van der Waals surface area contributed by atoms with E-state index in [0.29, 0.717) is 12.1 Å². The monoisotopic (exact) mass is 209 g/mol. The molecular formula is C11H12FNO2. The highest BCUT2D eigenvalue weighted by Crippen LogP contribution is 2.11. The van der Waals surface area contributed by atoms with E-state index in [-0.39, 0.29) is 5.56 Å². The number of halogens is 1.